The van der Waals surface area contributed by atoms with Gasteiger partial charge in [0.15, 0.2) is 5.82 Å². The Balaban J connectivity index is 1.47. The molecule has 7 nitrogen and oxygen atoms in total. The van der Waals surface area contributed by atoms with Crippen LogP contribution in [-0.4, -0.2) is 40.7 Å². The quantitative estimate of drug-likeness (QED) is 0.689. The van der Waals surface area contributed by atoms with Crippen LogP contribution in [0.2, 0.25) is 0 Å². The highest BCUT2D eigenvalue weighted by Crippen LogP contribution is 2.26. The lowest BCUT2D eigenvalue weighted by atomic mass is 10.1. The van der Waals surface area contributed by atoms with Crippen molar-refractivity contribution in [1.29, 1.82) is 0 Å². The van der Waals surface area contributed by atoms with Crippen molar-refractivity contribution in [2.75, 3.05) is 19.8 Å². The largest absolute Gasteiger partial charge is 0.466 e. The summed E-state index contributed by atoms with van der Waals surface area (Å²) in [5.41, 5.74) is 0.846. The summed E-state index contributed by atoms with van der Waals surface area (Å²) in [6.45, 7) is 3.27. The van der Waals surface area contributed by atoms with E-state index in [1.165, 1.54) is 0 Å². The second-order valence-electron chi connectivity index (χ2n) is 6.51. The maximum Gasteiger partial charge on any atom is 0.257 e. The summed E-state index contributed by atoms with van der Waals surface area (Å²) in [5, 5.41) is 4.09. The van der Waals surface area contributed by atoms with Crippen LogP contribution >= 0.6 is 0 Å². The van der Waals surface area contributed by atoms with E-state index in [-0.39, 0.29) is 11.9 Å². The van der Waals surface area contributed by atoms with E-state index in [1.54, 1.807) is 4.90 Å². The summed E-state index contributed by atoms with van der Waals surface area (Å²) in [6, 6.07) is 13.0. The van der Waals surface area contributed by atoms with Gasteiger partial charge in [-0.2, -0.15) is 4.98 Å². The zero-order chi connectivity index (χ0) is 18.6. The van der Waals surface area contributed by atoms with Crippen molar-refractivity contribution in [2.45, 2.75) is 25.8 Å². The molecule has 1 amide bonds. The Labute approximate surface area is 156 Å². The topological polar surface area (TPSA) is 81.6 Å². The Hall–Kier alpha value is -2.93. The predicted molar refractivity (Wildman–Crippen MR) is 96.8 cm³/mol. The summed E-state index contributed by atoms with van der Waals surface area (Å²) in [7, 11) is 0. The molecule has 27 heavy (non-hydrogen) atoms. The third-order valence-electron chi connectivity index (χ3n) is 4.59. The maximum atomic E-state index is 12.8. The minimum absolute atomic E-state index is 0.0309. The van der Waals surface area contributed by atoms with Crippen molar-refractivity contribution in [3.63, 3.8) is 0 Å². The number of furan rings is 1. The molecule has 0 unspecified atom stereocenters. The summed E-state index contributed by atoms with van der Waals surface area (Å²) in [6.07, 6.45) is 0.936. The summed E-state index contributed by atoms with van der Waals surface area (Å²) < 4.78 is 16.5. The van der Waals surface area contributed by atoms with Gasteiger partial charge in [0.25, 0.3) is 5.89 Å². The molecular formula is C20H21N3O4. The van der Waals surface area contributed by atoms with Crippen LogP contribution in [0.25, 0.3) is 11.5 Å². The smallest absolute Gasteiger partial charge is 0.257 e. The number of nitrogens with zero attached hydrogens (tertiary/aromatic N) is 3. The second kappa shape index (κ2) is 7.75. The summed E-state index contributed by atoms with van der Waals surface area (Å²) >= 11 is 0. The first kappa shape index (κ1) is 17.5. The first-order valence-corrected chi connectivity index (χ1v) is 9.02. The Morgan fingerprint density at radius 3 is 2.85 bits per heavy atom. The highest BCUT2D eigenvalue weighted by molar-refractivity contribution is 5.77. The van der Waals surface area contributed by atoms with Crippen LogP contribution < -0.4 is 0 Å². The number of morpholine rings is 1. The molecule has 7 heteroatoms. The molecule has 1 atom stereocenters. The number of carbonyl (C=O) groups excluding carboxylic acids is 1. The van der Waals surface area contributed by atoms with Crippen molar-refractivity contribution in [1.82, 2.24) is 15.0 Å². The Morgan fingerprint density at radius 1 is 1.22 bits per heavy atom. The molecule has 1 aliphatic rings. The molecule has 0 aliphatic carbocycles. The van der Waals surface area contributed by atoms with Crippen LogP contribution in [0.1, 0.15) is 29.8 Å². The van der Waals surface area contributed by atoms with Gasteiger partial charge in [0, 0.05) is 24.9 Å². The van der Waals surface area contributed by atoms with Gasteiger partial charge in [-0.15, -0.1) is 0 Å². The van der Waals surface area contributed by atoms with E-state index in [1.807, 2.05) is 49.4 Å². The molecule has 3 heterocycles. The number of rotatable bonds is 5. The van der Waals surface area contributed by atoms with Gasteiger partial charge in [0.05, 0.1) is 13.2 Å². The van der Waals surface area contributed by atoms with Gasteiger partial charge < -0.3 is 18.6 Å². The minimum atomic E-state index is -0.342. The van der Waals surface area contributed by atoms with Gasteiger partial charge in [-0.1, -0.05) is 23.4 Å². The van der Waals surface area contributed by atoms with E-state index in [0.717, 1.165) is 17.1 Å². The number of hydrogen-bond donors (Lipinski definition) is 0. The first-order valence-electron chi connectivity index (χ1n) is 9.02. The Morgan fingerprint density at radius 2 is 2.07 bits per heavy atom. The van der Waals surface area contributed by atoms with Crippen LogP contribution in [0, 0.1) is 6.92 Å². The zero-order valence-corrected chi connectivity index (χ0v) is 15.1. The Kier molecular flexibility index (Phi) is 5.02. The fourth-order valence-corrected chi connectivity index (χ4v) is 3.18. The molecule has 0 saturated carbocycles. The minimum Gasteiger partial charge on any atom is -0.466 e. The third kappa shape index (κ3) is 3.93. The molecule has 140 valence electrons. The van der Waals surface area contributed by atoms with Crippen LogP contribution in [0.4, 0.5) is 0 Å². The molecule has 1 aromatic carbocycles. The van der Waals surface area contributed by atoms with Crippen LogP contribution in [0.3, 0.4) is 0 Å². The normalized spacial score (nSPS) is 17.2. The molecule has 4 rings (SSSR count). The molecule has 0 N–H and O–H groups in total. The summed E-state index contributed by atoms with van der Waals surface area (Å²) in [4.78, 5) is 19.0. The SMILES string of the molecule is Cc1ccc(CCC(=O)N2CCOC[C@@H]2c2noc(-c3ccccc3)n2)o1. The predicted octanol–water partition coefficient (Wildman–Crippen LogP) is 3.17. The lowest BCUT2D eigenvalue weighted by Gasteiger charge is -2.33. The van der Waals surface area contributed by atoms with E-state index in [9.17, 15) is 4.79 Å². The maximum absolute atomic E-state index is 12.8. The van der Waals surface area contributed by atoms with Gasteiger partial charge in [-0.3, -0.25) is 4.79 Å². The number of hydrogen-bond acceptors (Lipinski definition) is 6. The van der Waals surface area contributed by atoms with Gasteiger partial charge in [0.2, 0.25) is 5.91 Å². The molecule has 2 aromatic heterocycles. The van der Waals surface area contributed by atoms with E-state index in [4.69, 9.17) is 13.7 Å². The Bertz CT molecular complexity index is 903. The average Bonchev–Trinajstić information content (AvgIpc) is 3.36. The van der Waals surface area contributed by atoms with Crippen molar-refractivity contribution in [2.24, 2.45) is 0 Å². The highest BCUT2D eigenvalue weighted by atomic mass is 16.5. The fraction of sp³-hybridized carbons (Fsp3) is 0.350. The number of ether oxygens (including phenoxy) is 1. The van der Waals surface area contributed by atoms with Gasteiger partial charge in [0.1, 0.15) is 17.6 Å². The number of amides is 1. The van der Waals surface area contributed by atoms with Gasteiger partial charge in [-0.25, -0.2) is 0 Å². The van der Waals surface area contributed by atoms with Gasteiger partial charge in [-0.05, 0) is 31.2 Å². The second-order valence-corrected chi connectivity index (χ2v) is 6.51. The van der Waals surface area contributed by atoms with Gasteiger partial charge >= 0.3 is 0 Å². The van der Waals surface area contributed by atoms with E-state index >= 15 is 0 Å². The van der Waals surface area contributed by atoms with Crippen molar-refractivity contribution < 1.29 is 18.5 Å². The molecule has 0 spiro atoms. The molecule has 1 aliphatic heterocycles. The average molecular weight is 367 g/mol. The highest BCUT2D eigenvalue weighted by Gasteiger charge is 2.32. The molecular weight excluding hydrogens is 346 g/mol. The third-order valence-corrected chi connectivity index (χ3v) is 4.59. The first-order chi connectivity index (χ1) is 13.2. The van der Waals surface area contributed by atoms with Crippen molar-refractivity contribution >= 4 is 5.91 Å². The lowest BCUT2D eigenvalue weighted by molar-refractivity contribution is -0.140. The molecule has 3 aromatic rings. The zero-order valence-electron chi connectivity index (χ0n) is 15.1. The molecule has 1 fully saturated rings. The van der Waals surface area contributed by atoms with Crippen LogP contribution in [-0.2, 0) is 16.0 Å². The van der Waals surface area contributed by atoms with E-state index in [0.29, 0.717) is 44.3 Å². The standard InChI is InChI=1S/C20H21N3O4/c1-14-7-8-16(26-14)9-10-18(24)23-11-12-25-13-17(23)19-21-20(27-22-19)15-5-3-2-4-6-15/h2-8,17H,9-13H2,1H3/t17-/m1/s1. The van der Waals surface area contributed by atoms with Crippen LogP contribution in [0.5, 0.6) is 0 Å². The fourth-order valence-electron chi connectivity index (χ4n) is 3.18. The van der Waals surface area contributed by atoms with E-state index < -0.39 is 0 Å². The number of aromatic nitrogens is 2. The summed E-state index contributed by atoms with van der Waals surface area (Å²) in [5.74, 6) is 2.60. The van der Waals surface area contributed by atoms with E-state index in [2.05, 4.69) is 10.1 Å². The molecule has 1 saturated heterocycles. The molecule has 0 radical (unpaired) electrons. The van der Waals surface area contributed by atoms with Crippen LogP contribution in [0.15, 0.2) is 51.4 Å². The van der Waals surface area contributed by atoms with Crippen molar-refractivity contribution in [3.8, 4) is 11.5 Å². The lowest BCUT2D eigenvalue weighted by Crippen LogP contribution is -2.43. The number of aryl methyl sites for hydroxylation is 2. The number of benzene rings is 1. The van der Waals surface area contributed by atoms with Crippen molar-refractivity contribution in [3.05, 3.63) is 59.8 Å². The number of carbonyl (C=O) groups is 1. The molecule has 0 bridgehead atoms. The monoisotopic (exact) mass is 367 g/mol.